The molecule has 0 N–H and O–H groups in total. The van der Waals surface area contributed by atoms with Crippen molar-refractivity contribution in [2.45, 2.75) is 39.4 Å². The molecule has 1 aliphatic rings. The first-order valence-corrected chi connectivity index (χ1v) is 5.08. The van der Waals surface area contributed by atoms with Crippen LogP contribution in [-0.2, 0) is 13.6 Å². The minimum Gasteiger partial charge on any atom is -0.313 e. The van der Waals surface area contributed by atoms with Gasteiger partial charge < -0.3 is 13.6 Å². The molecular formula is C7H15O3P. The third-order valence-electron chi connectivity index (χ3n) is 1.43. The topological polar surface area (TPSA) is 27.7 Å². The molecule has 3 nitrogen and oxygen atoms in total. The molecule has 1 aliphatic heterocycles. The molecule has 0 aromatic rings. The van der Waals surface area contributed by atoms with E-state index in [2.05, 4.69) is 0 Å². The third-order valence-corrected chi connectivity index (χ3v) is 2.96. The molecule has 66 valence electrons. The Morgan fingerprint density at radius 2 is 1.91 bits per heavy atom. The fourth-order valence-electron chi connectivity index (χ4n) is 1.04. The molecule has 0 unspecified atom stereocenters. The molecule has 0 aliphatic carbocycles. The maximum Gasteiger partial charge on any atom is 0.333 e. The highest BCUT2D eigenvalue weighted by atomic mass is 31.2. The first-order chi connectivity index (χ1) is 5.22. The van der Waals surface area contributed by atoms with Crippen LogP contribution in [0.15, 0.2) is 0 Å². The van der Waals surface area contributed by atoms with Gasteiger partial charge in [0.25, 0.3) is 0 Å². The van der Waals surface area contributed by atoms with Crippen LogP contribution in [0.3, 0.4) is 0 Å². The molecule has 0 aromatic carbocycles. The minimum atomic E-state index is -1.05. The summed E-state index contributed by atoms with van der Waals surface area (Å²) in [7, 11) is -1.05. The molecule has 1 rings (SSSR count). The summed E-state index contributed by atoms with van der Waals surface area (Å²) in [6.07, 6.45) is 1.51. The van der Waals surface area contributed by atoms with Crippen LogP contribution in [0.25, 0.3) is 0 Å². The van der Waals surface area contributed by atoms with Crippen LogP contribution >= 0.6 is 8.60 Å². The van der Waals surface area contributed by atoms with Crippen LogP contribution in [0.4, 0.5) is 0 Å². The Labute approximate surface area is 69.0 Å². The maximum atomic E-state index is 5.42. The van der Waals surface area contributed by atoms with Crippen molar-refractivity contribution in [3.05, 3.63) is 0 Å². The van der Waals surface area contributed by atoms with Gasteiger partial charge in [0.05, 0.1) is 18.8 Å². The number of rotatable bonds is 2. The van der Waals surface area contributed by atoms with Crippen molar-refractivity contribution in [1.82, 2.24) is 0 Å². The highest BCUT2D eigenvalue weighted by Crippen LogP contribution is 2.46. The second kappa shape index (κ2) is 4.36. The van der Waals surface area contributed by atoms with Crippen molar-refractivity contribution in [2.75, 3.05) is 6.61 Å². The van der Waals surface area contributed by atoms with Crippen LogP contribution < -0.4 is 0 Å². The van der Waals surface area contributed by atoms with E-state index in [1.54, 1.807) is 0 Å². The van der Waals surface area contributed by atoms with E-state index in [1.165, 1.54) is 0 Å². The Morgan fingerprint density at radius 3 is 2.36 bits per heavy atom. The lowest BCUT2D eigenvalue weighted by Gasteiger charge is -2.29. The van der Waals surface area contributed by atoms with Crippen LogP contribution in [-0.4, -0.2) is 18.8 Å². The molecule has 1 saturated heterocycles. The highest BCUT2D eigenvalue weighted by Gasteiger charge is 2.26. The van der Waals surface area contributed by atoms with E-state index in [0.717, 1.165) is 6.42 Å². The van der Waals surface area contributed by atoms with Gasteiger partial charge in [-0.1, -0.05) is 0 Å². The van der Waals surface area contributed by atoms with E-state index in [0.29, 0.717) is 6.61 Å². The minimum absolute atomic E-state index is 0.274. The van der Waals surface area contributed by atoms with Gasteiger partial charge in [0.15, 0.2) is 0 Å². The molecule has 11 heavy (non-hydrogen) atoms. The van der Waals surface area contributed by atoms with Crippen molar-refractivity contribution in [2.24, 2.45) is 0 Å². The molecular weight excluding hydrogens is 163 g/mol. The summed E-state index contributed by atoms with van der Waals surface area (Å²) in [4.78, 5) is 0. The Morgan fingerprint density at radius 1 is 1.36 bits per heavy atom. The Hall–Kier alpha value is 0.310. The van der Waals surface area contributed by atoms with E-state index in [1.807, 2.05) is 20.8 Å². The molecule has 0 bridgehead atoms. The summed E-state index contributed by atoms with van der Waals surface area (Å²) in [5.74, 6) is 0. The predicted octanol–water partition coefficient (Wildman–Crippen LogP) is 2.46. The summed E-state index contributed by atoms with van der Waals surface area (Å²) in [5.41, 5.74) is 0. The summed E-state index contributed by atoms with van der Waals surface area (Å²) in [5, 5.41) is 0. The fourth-order valence-corrected chi connectivity index (χ4v) is 2.18. The van der Waals surface area contributed by atoms with Crippen molar-refractivity contribution in [1.29, 1.82) is 0 Å². The van der Waals surface area contributed by atoms with Crippen molar-refractivity contribution >= 4 is 8.60 Å². The SMILES string of the molecule is CCOP1O[C@H](C)C[C@@H](C)O1. The monoisotopic (exact) mass is 178 g/mol. The van der Waals surface area contributed by atoms with Gasteiger partial charge in [-0.05, 0) is 20.8 Å². The van der Waals surface area contributed by atoms with E-state index < -0.39 is 8.60 Å². The maximum absolute atomic E-state index is 5.42. The van der Waals surface area contributed by atoms with Gasteiger partial charge in [-0.3, -0.25) is 0 Å². The quantitative estimate of drug-likeness (QED) is 0.608. The van der Waals surface area contributed by atoms with Crippen molar-refractivity contribution < 1.29 is 13.6 Å². The lowest BCUT2D eigenvalue weighted by molar-refractivity contribution is 0.0340. The van der Waals surface area contributed by atoms with E-state index in [9.17, 15) is 0 Å². The van der Waals surface area contributed by atoms with Crippen LogP contribution in [0.1, 0.15) is 27.2 Å². The number of hydrogen-bond acceptors (Lipinski definition) is 3. The zero-order valence-corrected chi connectivity index (χ0v) is 8.14. The average Bonchev–Trinajstić information content (AvgIpc) is 1.85. The summed E-state index contributed by atoms with van der Waals surface area (Å²) >= 11 is 0. The fraction of sp³-hybridized carbons (Fsp3) is 1.00. The van der Waals surface area contributed by atoms with Crippen LogP contribution in [0.2, 0.25) is 0 Å². The molecule has 2 atom stereocenters. The van der Waals surface area contributed by atoms with Crippen molar-refractivity contribution in [3.63, 3.8) is 0 Å². The van der Waals surface area contributed by atoms with Gasteiger partial charge in [-0.2, -0.15) is 0 Å². The standard InChI is InChI=1S/C7H15O3P/c1-4-8-11-9-6(2)5-7(3)10-11/h6-7H,4-5H2,1-3H3/t6-,7-/m1/s1. The van der Waals surface area contributed by atoms with Gasteiger partial charge >= 0.3 is 8.60 Å². The zero-order valence-electron chi connectivity index (χ0n) is 7.24. The van der Waals surface area contributed by atoms with E-state index >= 15 is 0 Å². The van der Waals surface area contributed by atoms with Gasteiger partial charge in [-0.25, -0.2) is 0 Å². The molecule has 0 radical (unpaired) electrons. The van der Waals surface area contributed by atoms with E-state index in [-0.39, 0.29) is 12.2 Å². The van der Waals surface area contributed by atoms with Gasteiger partial charge in [0.2, 0.25) is 0 Å². The predicted molar refractivity (Wildman–Crippen MR) is 44.3 cm³/mol. The van der Waals surface area contributed by atoms with Crippen molar-refractivity contribution in [3.8, 4) is 0 Å². The van der Waals surface area contributed by atoms with Crippen LogP contribution in [0.5, 0.6) is 0 Å². The lowest BCUT2D eigenvalue weighted by atomic mass is 10.2. The van der Waals surface area contributed by atoms with Gasteiger partial charge in [0, 0.05) is 6.42 Å². The smallest absolute Gasteiger partial charge is 0.313 e. The van der Waals surface area contributed by atoms with Gasteiger partial charge in [-0.15, -0.1) is 0 Å². The largest absolute Gasteiger partial charge is 0.333 e. The molecule has 1 fully saturated rings. The van der Waals surface area contributed by atoms with Gasteiger partial charge in [0.1, 0.15) is 0 Å². The molecule has 4 heteroatoms. The molecule has 0 amide bonds. The summed E-state index contributed by atoms with van der Waals surface area (Å²) in [6, 6.07) is 0. The summed E-state index contributed by atoms with van der Waals surface area (Å²) in [6.45, 7) is 6.70. The molecule has 0 spiro atoms. The summed E-state index contributed by atoms with van der Waals surface area (Å²) < 4.78 is 16.1. The zero-order chi connectivity index (χ0) is 8.27. The van der Waals surface area contributed by atoms with Crippen LogP contribution in [0, 0.1) is 0 Å². The Balaban J connectivity index is 2.30. The first kappa shape index (κ1) is 9.40. The Bertz CT molecular complexity index is 110. The van der Waals surface area contributed by atoms with E-state index in [4.69, 9.17) is 13.6 Å². The first-order valence-electron chi connectivity index (χ1n) is 3.99. The normalized spacial score (nSPS) is 39.0. The molecule has 0 saturated carbocycles. The number of hydrogen-bond donors (Lipinski definition) is 0. The average molecular weight is 178 g/mol. The lowest BCUT2D eigenvalue weighted by Crippen LogP contribution is -2.22. The molecule has 0 aromatic heterocycles. The molecule has 1 heterocycles. The highest BCUT2D eigenvalue weighted by molar-refractivity contribution is 7.41. The Kier molecular flexibility index (Phi) is 3.73. The third kappa shape index (κ3) is 3.04. The second-order valence-corrected chi connectivity index (χ2v) is 3.84. The second-order valence-electron chi connectivity index (χ2n) is 2.71.